The van der Waals surface area contributed by atoms with Crippen LogP contribution < -0.4 is 9.80 Å². The van der Waals surface area contributed by atoms with Crippen molar-refractivity contribution in [3.63, 3.8) is 0 Å². The molecule has 2 saturated heterocycles. The lowest BCUT2D eigenvalue weighted by atomic mass is 9.69. The average Bonchev–Trinajstić information content (AvgIpc) is 3.74. The molecule has 2 fully saturated rings. The van der Waals surface area contributed by atoms with Crippen molar-refractivity contribution in [2.24, 2.45) is 11.8 Å². The number of fused-ring (bicyclic) bond motifs is 6. The predicted octanol–water partition coefficient (Wildman–Crippen LogP) is 11.7. The van der Waals surface area contributed by atoms with Crippen LogP contribution in [0.3, 0.4) is 0 Å². The van der Waals surface area contributed by atoms with Crippen molar-refractivity contribution >= 4 is 11.4 Å². The minimum Gasteiger partial charge on any atom is -0.372 e. The Hall–Kier alpha value is -6.00. The van der Waals surface area contributed by atoms with Gasteiger partial charge in [0.2, 0.25) is 0 Å². The maximum atomic E-state index is 6.06. The first-order valence-corrected chi connectivity index (χ1v) is 21.5. The van der Waals surface area contributed by atoms with Crippen molar-refractivity contribution in [1.82, 2.24) is 9.97 Å². The van der Waals surface area contributed by atoms with Gasteiger partial charge in [-0.25, -0.2) is 9.97 Å². The molecule has 0 spiro atoms. The van der Waals surface area contributed by atoms with Gasteiger partial charge >= 0.3 is 0 Å². The lowest BCUT2D eigenvalue weighted by Gasteiger charge is -2.35. The van der Waals surface area contributed by atoms with Crippen LogP contribution in [0.25, 0.3) is 22.5 Å². The topological polar surface area (TPSA) is 32.3 Å². The molecule has 286 valence electrons. The van der Waals surface area contributed by atoms with E-state index in [1.807, 2.05) is 0 Å². The van der Waals surface area contributed by atoms with Crippen LogP contribution in [0.5, 0.6) is 0 Å². The zero-order valence-corrected chi connectivity index (χ0v) is 33.6. The second-order valence-electron chi connectivity index (χ2n) is 17.4. The molecule has 0 saturated carbocycles. The van der Waals surface area contributed by atoms with Crippen LogP contribution in [0, 0.1) is 11.8 Å². The van der Waals surface area contributed by atoms with Gasteiger partial charge in [-0.05, 0) is 95.2 Å². The fourth-order valence-electron chi connectivity index (χ4n) is 10.9. The summed E-state index contributed by atoms with van der Waals surface area (Å²) in [6, 6.07) is 58.8. The van der Waals surface area contributed by atoms with E-state index in [1.165, 1.54) is 81.6 Å². The second kappa shape index (κ2) is 13.8. The third-order valence-corrected chi connectivity index (χ3v) is 14.1. The van der Waals surface area contributed by atoms with Crippen LogP contribution in [0.2, 0.25) is 0 Å². The molecule has 11 rings (SSSR count). The molecule has 3 heterocycles. The zero-order chi connectivity index (χ0) is 38.8. The molecule has 4 aliphatic rings. The van der Waals surface area contributed by atoms with Crippen LogP contribution in [-0.2, 0) is 10.8 Å². The average molecular weight is 755 g/mol. The minimum absolute atomic E-state index is 0.663. The van der Waals surface area contributed by atoms with E-state index in [-0.39, 0.29) is 0 Å². The van der Waals surface area contributed by atoms with E-state index in [0.29, 0.717) is 0 Å². The molecular formula is C54H50N4. The number of piperidine rings is 2. The molecule has 7 aromatic rings. The van der Waals surface area contributed by atoms with Crippen LogP contribution in [0.4, 0.5) is 11.4 Å². The Morgan fingerprint density at radius 2 is 0.724 bits per heavy atom. The number of benzene rings is 6. The van der Waals surface area contributed by atoms with E-state index >= 15 is 0 Å². The molecule has 2 aliphatic heterocycles. The van der Waals surface area contributed by atoms with Crippen molar-refractivity contribution in [1.29, 1.82) is 0 Å². The van der Waals surface area contributed by atoms with E-state index in [1.54, 1.807) is 0 Å². The highest BCUT2D eigenvalue weighted by Gasteiger charge is 2.54. The number of hydrogen-bond donors (Lipinski definition) is 0. The summed E-state index contributed by atoms with van der Waals surface area (Å²) >= 11 is 0. The summed E-state index contributed by atoms with van der Waals surface area (Å²) in [7, 11) is 0. The van der Waals surface area contributed by atoms with Crippen LogP contribution in [0.15, 0.2) is 158 Å². The van der Waals surface area contributed by atoms with Gasteiger partial charge < -0.3 is 9.80 Å². The lowest BCUT2D eigenvalue weighted by Crippen LogP contribution is -2.34. The van der Waals surface area contributed by atoms with Gasteiger partial charge in [-0.3, -0.25) is 0 Å². The zero-order valence-electron chi connectivity index (χ0n) is 33.6. The van der Waals surface area contributed by atoms with Gasteiger partial charge in [0.15, 0.2) is 0 Å². The Morgan fingerprint density at radius 3 is 1.03 bits per heavy atom. The number of nitrogens with zero attached hydrogens (tertiary/aromatic N) is 4. The fraction of sp³-hybridized carbons (Fsp3) is 0.259. The third-order valence-electron chi connectivity index (χ3n) is 14.1. The monoisotopic (exact) mass is 754 g/mol. The van der Waals surface area contributed by atoms with Gasteiger partial charge in [0, 0.05) is 48.7 Å². The number of aromatic nitrogens is 2. The Bertz CT molecular complexity index is 2340. The number of anilines is 2. The smallest absolute Gasteiger partial charge is 0.0941 e. The lowest BCUT2D eigenvalue weighted by molar-refractivity contribution is 0.438. The molecule has 4 heteroatoms. The van der Waals surface area contributed by atoms with Gasteiger partial charge in [-0.15, -0.1) is 0 Å². The molecule has 0 amide bonds. The van der Waals surface area contributed by atoms with Crippen LogP contribution >= 0.6 is 0 Å². The molecule has 58 heavy (non-hydrogen) atoms. The van der Waals surface area contributed by atoms with Crippen molar-refractivity contribution in [3.05, 3.63) is 202 Å². The van der Waals surface area contributed by atoms with Crippen molar-refractivity contribution in [3.8, 4) is 22.5 Å². The van der Waals surface area contributed by atoms with E-state index in [4.69, 9.17) is 9.97 Å². The molecule has 0 N–H and O–H groups in total. The Kier molecular flexibility index (Phi) is 8.39. The summed E-state index contributed by atoms with van der Waals surface area (Å²) in [5.41, 5.74) is 15.0. The molecule has 6 aromatic carbocycles. The molecule has 4 nitrogen and oxygen atoms in total. The standard InChI is InChI=1S/C54H50N4/c1-37-27-31-57(32-28-37)43-23-25-45-47(35-43)53(39-15-7-3-8-16-39,40-17-9-4-10-18-40)51-49(45)55-52-50(56-51)46-26-24-44(58-33-29-38(2)30-34-58)36-48(46)54(52,41-19-11-5-12-20-41)42-21-13-6-14-22-42/h3-26,35-38H,27-34H2,1-2H3. The van der Waals surface area contributed by atoms with Crippen LogP contribution in [0.1, 0.15) is 84.3 Å². The summed E-state index contributed by atoms with van der Waals surface area (Å²) in [5.74, 6) is 1.52. The van der Waals surface area contributed by atoms with Gasteiger partial charge in [-0.2, -0.15) is 0 Å². The highest BCUT2D eigenvalue weighted by Crippen LogP contribution is 2.61. The largest absolute Gasteiger partial charge is 0.372 e. The predicted molar refractivity (Wildman–Crippen MR) is 238 cm³/mol. The normalized spacial score (nSPS) is 18.0. The number of hydrogen-bond acceptors (Lipinski definition) is 4. The first-order chi connectivity index (χ1) is 28.6. The van der Waals surface area contributed by atoms with E-state index in [2.05, 4.69) is 181 Å². The molecule has 0 radical (unpaired) electrons. The van der Waals surface area contributed by atoms with E-state index < -0.39 is 10.8 Å². The molecule has 0 unspecified atom stereocenters. The summed E-state index contributed by atoms with van der Waals surface area (Å²) in [4.78, 5) is 17.3. The summed E-state index contributed by atoms with van der Waals surface area (Å²) in [5, 5.41) is 0. The fourth-order valence-corrected chi connectivity index (χ4v) is 10.9. The maximum absolute atomic E-state index is 6.06. The van der Waals surface area contributed by atoms with Gasteiger partial charge in [0.05, 0.1) is 33.6 Å². The van der Waals surface area contributed by atoms with E-state index in [0.717, 1.165) is 60.8 Å². The quantitative estimate of drug-likeness (QED) is 0.169. The van der Waals surface area contributed by atoms with Gasteiger partial charge in [-0.1, -0.05) is 147 Å². The first-order valence-electron chi connectivity index (χ1n) is 21.5. The van der Waals surface area contributed by atoms with Crippen molar-refractivity contribution in [2.45, 2.75) is 50.4 Å². The molecule has 0 bridgehead atoms. The number of rotatable bonds is 6. The summed E-state index contributed by atoms with van der Waals surface area (Å²) in [6.07, 6.45) is 4.87. The highest BCUT2D eigenvalue weighted by molar-refractivity contribution is 5.90. The van der Waals surface area contributed by atoms with Crippen LogP contribution in [-0.4, -0.2) is 36.1 Å². The molecule has 1 aromatic heterocycles. The summed E-state index contributed by atoms with van der Waals surface area (Å²) in [6.45, 7) is 9.09. The third kappa shape index (κ3) is 5.20. The molecule has 0 atom stereocenters. The van der Waals surface area contributed by atoms with Crippen molar-refractivity contribution in [2.75, 3.05) is 36.0 Å². The minimum atomic E-state index is -0.663. The Balaban J connectivity index is 1.23. The summed E-state index contributed by atoms with van der Waals surface area (Å²) < 4.78 is 0. The maximum Gasteiger partial charge on any atom is 0.0941 e. The SMILES string of the molecule is CC1CCN(c2ccc3c(c2)C(c2ccccc2)(c2ccccc2)c2nc4c(nc2-3)C(c2ccccc2)(c2ccccc2)c2cc(N3CCC(C)CC3)ccc2-4)CC1. The molecule has 2 aliphatic carbocycles. The Morgan fingerprint density at radius 1 is 0.414 bits per heavy atom. The Labute approximate surface area is 343 Å². The van der Waals surface area contributed by atoms with Crippen molar-refractivity contribution < 1.29 is 0 Å². The van der Waals surface area contributed by atoms with Gasteiger partial charge in [0.1, 0.15) is 0 Å². The molecular weight excluding hydrogens is 705 g/mol. The van der Waals surface area contributed by atoms with E-state index in [9.17, 15) is 0 Å². The first kappa shape index (κ1) is 35.2. The van der Waals surface area contributed by atoms with Gasteiger partial charge in [0.25, 0.3) is 0 Å². The highest BCUT2D eigenvalue weighted by atomic mass is 15.1. The second-order valence-corrected chi connectivity index (χ2v) is 17.4.